The van der Waals surface area contributed by atoms with Gasteiger partial charge in [0.2, 0.25) is 5.91 Å². The Balaban J connectivity index is 2.84. The summed E-state index contributed by atoms with van der Waals surface area (Å²) in [5.41, 5.74) is 5.15. The summed E-state index contributed by atoms with van der Waals surface area (Å²) < 4.78 is 0. The predicted octanol–water partition coefficient (Wildman–Crippen LogP) is 1.83. The predicted molar refractivity (Wildman–Crippen MR) is 67.7 cm³/mol. The van der Waals surface area contributed by atoms with Crippen LogP contribution in [0.2, 0.25) is 5.15 Å². The van der Waals surface area contributed by atoms with E-state index >= 15 is 0 Å². The number of anilines is 1. The largest absolute Gasteiger partial charge is 0.329 e. The van der Waals surface area contributed by atoms with Gasteiger partial charge in [0.15, 0.2) is 0 Å². The number of rotatable bonds is 5. The van der Waals surface area contributed by atoms with Gasteiger partial charge in [-0.05, 0) is 12.8 Å². The van der Waals surface area contributed by atoms with E-state index in [1.807, 2.05) is 13.8 Å². The van der Waals surface area contributed by atoms with Crippen LogP contribution >= 0.6 is 11.6 Å². The van der Waals surface area contributed by atoms with Gasteiger partial charge in [-0.1, -0.05) is 25.4 Å². The SMILES string of the molecule is CCC(CC)(CN)C(=O)Nc1cc(Cl)ncn1. The van der Waals surface area contributed by atoms with E-state index in [1.54, 1.807) is 0 Å². The summed E-state index contributed by atoms with van der Waals surface area (Å²) in [6.07, 6.45) is 2.68. The molecule has 3 N–H and O–H groups in total. The Morgan fingerprint density at radius 1 is 1.47 bits per heavy atom. The second-order valence-corrected chi connectivity index (χ2v) is 4.26. The third-order valence-corrected chi connectivity index (χ3v) is 3.31. The van der Waals surface area contributed by atoms with Crippen LogP contribution in [0.25, 0.3) is 0 Å². The number of carbonyl (C=O) groups excluding carboxylic acids is 1. The van der Waals surface area contributed by atoms with Crippen molar-refractivity contribution in [1.29, 1.82) is 0 Å². The fraction of sp³-hybridized carbons (Fsp3) is 0.545. The van der Waals surface area contributed by atoms with Crippen LogP contribution in [0, 0.1) is 5.41 Å². The highest BCUT2D eigenvalue weighted by atomic mass is 35.5. The first kappa shape index (κ1) is 13.9. The minimum absolute atomic E-state index is 0.125. The highest BCUT2D eigenvalue weighted by Crippen LogP contribution is 2.26. The highest BCUT2D eigenvalue weighted by Gasteiger charge is 2.33. The van der Waals surface area contributed by atoms with E-state index < -0.39 is 5.41 Å². The Hall–Kier alpha value is -1.20. The molecule has 6 heteroatoms. The van der Waals surface area contributed by atoms with Crippen molar-refractivity contribution in [1.82, 2.24) is 9.97 Å². The molecule has 1 aromatic rings. The third-order valence-electron chi connectivity index (χ3n) is 3.10. The van der Waals surface area contributed by atoms with Crippen molar-refractivity contribution in [3.8, 4) is 0 Å². The summed E-state index contributed by atoms with van der Waals surface area (Å²) >= 11 is 5.72. The normalized spacial score (nSPS) is 11.3. The molecule has 0 aliphatic carbocycles. The molecule has 0 saturated carbocycles. The minimum Gasteiger partial charge on any atom is -0.329 e. The topological polar surface area (TPSA) is 80.9 Å². The molecule has 0 fully saturated rings. The number of hydrogen-bond donors (Lipinski definition) is 2. The van der Waals surface area contributed by atoms with Crippen LogP contribution in [0.4, 0.5) is 5.82 Å². The molecule has 0 atom stereocenters. The average Bonchev–Trinajstić information content (AvgIpc) is 2.32. The molecule has 17 heavy (non-hydrogen) atoms. The zero-order chi connectivity index (χ0) is 12.9. The first-order valence-electron chi connectivity index (χ1n) is 5.57. The Labute approximate surface area is 106 Å². The lowest BCUT2D eigenvalue weighted by molar-refractivity contribution is -0.125. The van der Waals surface area contributed by atoms with Gasteiger partial charge >= 0.3 is 0 Å². The van der Waals surface area contributed by atoms with Crippen LogP contribution in [-0.4, -0.2) is 22.4 Å². The standard InChI is InChI=1S/C11H17ClN4O/c1-3-11(4-2,6-13)10(17)16-9-5-8(12)14-7-15-9/h5,7H,3-4,6,13H2,1-2H3,(H,14,15,16,17). The molecule has 5 nitrogen and oxygen atoms in total. The molecule has 0 saturated heterocycles. The van der Waals surface area contributed by atoms with Crippen LogP contribution < -0.4 is 11.1 Å². The Bertz CT molecular complexity index is 385. The van der Waals surface area contributed by atoms with Crippen molar-refractivity contribution in [2.45, 2.75) is 26.7 Å². The van der Waals surface area contributed by atoms with Gasteiger partial charge in [0.1, 0.15) is 17.3 Å². The van der Waals surface area contributed by atoms with Gasteiger partial charge in [-0.3, -0.25) is 4.79 Å². The summed E-state index contributed by atoms with van der Waals surface area (Å²) in [5, 5.41) is 3.02. The average molecular weight is 257 g/mol. The minimum atomic E-state index is -0.544. The maximum Gasteiger partial charge on any atom is 0.233 e. The monoisotopic (exact) mass is 256 g/mol. The van der Waals surface area contributed by atoms with Crippen LogP contribution in [0.5, 0.6) is 0 Å². The lowest BCUT2D eigenvalue weighted by atomic mass is 9.81. The van der Waals surface area contributed by atoms with Gasteiger partial charge in [-0.15, -0.1) is 0 Å². The molecule has 94 valence electrons. The van der Waals surface area contributed by atoms with Crippen molar-refractivity contribution in [3.05, 3.63) is 17.5 Å². The zero-order valence-electron chi connectivity index (χ0n) is 10.0. The molecule has 1 rings (SSSR count). The summed E-state index contributed by atoms with van der Waals surface area (Å²) in [4.78, 5) is 19.8. The molecule has 0 bridgehead atoms. The van der Waals surface area contributed by atoms with Gasteiger partial charge in [-0.25, -0.2) is 9.97 Å². The van der Waals surface area contributed by atoms with E-state index in [-0.39, 0.29) is 5.91 Å². The molecule has 0 aliphatic rings. The fourth-order valence-electron chi connectivity index (χ4n) is 1.60. The van der Waals surface area contributed by atoms with Gasteiger partial charge in [-0.2, -0.15) is 0 Å². The van der Waals surface area contributed by atoms with Crippen molar-refractivity contribution in [2.75, 3.05) is 11.9 Å². The van der Waals surface area contributed by atoms with Gasteiger partial charge in [0.05, 0.1) is 5.41 Å². The number of aromatic nitrogens is 2. The van der Waals surface area contributed by atoms with E-state index in [0.717, 1.165) is 0 Å². The Morgan fingerprint density at radius 3 is 2.59 bits per heavy atom. The number of hydrogen-bond acceptors (Lipinski definition) is 4. The molecule has 0 radical (unpaired) electrons. The maximum absolute atomic E-state index is 12.1. The molecule has 1 heterocycles. The van der Waals surface area contributed by atoms with Crippen LogP contribution in [0.1, 0.15) is 26.7 Å². The quantitative estimate of drug-likeness (QED) is 0.788. The summed E-state index contributed by atoms with van der Waals surface area (Å²) in [6.45, 7) is 4.20. The summed E-state index contributed by atoms with van der Waals surface area (Å²) in [7, 11) is 0. The summed E-state index contributed by atoms with van der Waals surface area (Å²) in [5.74, 6) is 0.273. The Kier molecular flexibility index (Phi) is 4.84. The van der Waals surface area contributed by atoms with Crippen LogP contribution in [-0.2, 0) is 4.79 Å². The van der Waals surface area contributed by atoms with Crippen molar-refractivity contribution < 1.29 is 4.79 Å². The zero-order valence-corrected chi connectivity index (χ0v) is 10.8. The lowest BCUT2D eigenvalue weighted by Crippen LogP contribution is -2.41. The number of halogens is 1. The number of amides is 1. The van der Waals surface area contributed by atoms with Gasteiger partial charge in [0, 0.05) is 12.6 Å². The molecule has 1 aromatic heterocycles. The van der Waals surface area contributed by atoms with E-state index in [1.165, 1.54) is 12.4 Å². The number of nitrogens with zero attached hydrogens (tertiary/aromatic N) is 2. The van der Waals surface area contributed by atoms with Crippen LogP contribution in [0.3, 0.4) is 0 Å². The fourth-order valence-corrected chi connectivity index (χ4v) is 1.75. The van der Waals surface area contributed by atoms with Crippen molar-refractivity contribution in [2.24, 2.45) is 11.1 Å². The molecule has 0 aliphatic heterocycles. The summed E-state index contributed by atoms with van der Waals surface area (Å²) in [6, 6.07) is 1.51. The van der Waals surface area contributed by atoms with E-state index in [4.69, 9.17) is 17.3 Å². The van der Waals surface area contributed by atoms with Gasteiger partial charge < -0.3 is 11.1 Å². The number of nitrogens with two attached hydrogens (primary N) is 1. The van der Waals surface area contributed by atoms with Crippen molar-refractivity contribution >= 4 is 23.3 Å². The van der Waals surface area contributed by atoms with E-state index in [2.05, 4.69) is 15.3 Å². The second-order valence-electron chi connectivity index (χ2n) is 3.87. The second kappa shape index (κ2) is 5.93. The first-order valence-corrected chi connectivity index (χ1v) is 5.95. The maximum atomic E-state index is 12.1. The number of carbonyl (C=O) groups is 1. The molecule has 1 amide bonds. The highest BCUT2D eigenvalue weighted by molar-refractivity contribution is 6.29. The van der Waals surface area contributed by atoms with Crippen molar-refractivity contribution in [3.63, 3.8) is 0 Å². The smallest absolute Gasteiger partial charge is 0.233 e. The van der Waals surface area contributed by atoms with E-state index in [0.29, 0.717) is 30.4 Å². The van der Waals surface area contributed by atoms with E-state index in [9.17, 15) is 4.79 Å². The lowest BCUT2D eigenvalue weighted by Gasteiger charge is -2.28. The first-order chi connectivity index (χ1) is 8.07. The molecule has 0 spiro atoms. The van der Waals surface area contributed by atoms with Gasteiger partial charge in [0.25, 0.3) is 0 Å². The number of nitrogens with one attached hydrogen (secondary N) is 1. The Morgan fingerprint density at radius 2 is 2.12 bits per heavy atom. The molecular weight excluding hydrogens is 240 g/mol. The molecule has 0 aromatic carbocycles. The van der Waals surface area contributed by atoms with Crippen LogP contribution in [0.15, 0.2) is 12.4 Å². The third kappa shape index (κ3) is 3.14. The molecular formula is C11H17ClN4O. The molecule has 0 unspecified atom stereocenters.